The molecule has 0 amide bonds. The number of nitriles is 2. The summed E-state index contributed by atoms with van der Waals surface area (Å²) < 4.78 is 27.5. The van der Waals surface area contributed by atoms with Crippen LogP contribution >= 0.6 is 0 Å². The number of hydrogen-bond acceptors (Lipinski definition) is 12. The number of rotatable bonds is 8. The van der Waals surface area contributed by atoms with Crippen molar-refractivity contribution in [3.63, 3.8) is 0 Å². The van der Waals surface area contributed by atoms with Gasteiger partial charge in [-0.3, -0.25) is 9.97 Å². The van der Waals surface area contributed by atoms with Gasteiger partial charge in [0.1, 0.15) is 70.8 Å². The molecule has 2 atom stereocenters. The molecule has 0 radical (unpaired) electrons. The van der Waals surface area contributed by atoms with Crippen molar-refractivity contribution in [2.45, 2.75) is 25.9 Å². The van der Waals surface area contributed by atoms with Gasteiger partial charge in [0.2, 0.25) is 0 Å². The Labute approximate surface area is 331 Å². The minimum Gasteiger partial charge on any atom is -0.382 e. The van der Waals surface area contributed by atoms with Gasteiger partial charge in [0.15, 0.2) is 0 Å². The van der Waals surface area contributed by atoms with Gasteiger partial charge < -0.3 is 22.1 Å². The number of hydrogen-bond donors (Lipinski definition) is 4. The quantitative estimate of drug-likeness (QED) is 0.115. The third kappa shape index (κ3) is 7.84. The first-order valence-electron chi connectivity index (χ1n) is 18.0. The molecule has 8 aromatic rings. The molecule has 14 heteroatoms. The second kappa shape index (κ2) is 16.7. The van der Waals surface area contributed by atoms with E-state index in [0.717, 1.165) is 44.2 Å². The Morgan fingerprint density at radius 2 is 0.948 bits per heavy atom. The molecule has 0 fully saturated rings. The second-order valence-corrected chi connectivity index (χ2v) is 13.2. The van der Waals surface area contributed by atoms with Crippen LogP contribution in [0.25, 0.3) is 44.1 Å². The summed E-state index contributed by atoms with van der Waals surface area (Å²) in [6.07, 6.45) is 6.06. The Morgan fingerprint density at radius 1 is 0.552 bits per heavy atom. The highest BCUT2D eigenvalue weighted by Gasteiger charge is 2.21. The Morgan fingerprint density at radius 3 is 1.33 bits per heavy atom. The molecule has 284 valence electrons. The van der Waals surface area contributed by atoms with Crippen molar-refractivity contribution in [2.75, 3.05) is 22.1 Å². The molecule has 58 heavy (non-hydrogen) atoms. The first-order chi connectivity index (χ1) is 28.2. The number of fused-ring (bicyclic) bond motifs is 2. The highest BCUT2D eigenvalue weighted by Crippen LogP contribution is 2.37. The summed E-state index contributed by atoms with van der Waals surface area (Å²) in [6, 6.07) is 32.4. The third-order valence-electron chi connectivity index (χ3n) is 9.46. The van der Waals surface area contributed by atoms with E-state index in [1.165, 1.54) is 36.9 Å². The lowest BCUT2D eigenvalue weighted by Crippen LogP contribution is -2.12. The number of anilines is 4. The fourth-order valence-electron chi connectivity index (χ4n) is 6.68. The number of nitrogens with zero attached hydrogens (tertiary/aromatic N) is 8. The molecule has 12 nitrogen and oxygen atoms in total. The summed E-state index contributed by atoms with van der Waals surface area (Å²) in [5.74, 6) is 0.271. The van der Waals surface area contributed by atoms with E-state index in [2.05, 4.69) is 40.5 Å². The molecule has 0 aliphatic rings. The monoisotopic (exact) mass is 768 g/mol. The van der Waals surface area contributed by atoms with E-state index >= 15 is 0 Å². The van der Waals surface area contributed by atoms with Crippen LogP contribution in [-0.2, 0) is 0 Å². The van der Waals surface area contributed by atoms with Gasteiger partial charge in [-0.15, -0.1) is 0 Å². The lowest BCUT2D eigenvalue weighted by atomic mass is 9.93. The van der Waals surface area contributed by atoms with Crippen molar-refractivity contribution in [1.82, 2.24) is 29.9 Å². The maximum absolute atomic E-state index is 13.7. The lowest BCUT2D eigenvalue weighted by molar-refractivity contribution is 0.629. The van der Waals surface area contributed by atoms with Crippen LogP contribution in [-0.4, -0.2) is 29.9 Å². The van der Waals surface area contributed by atoms with Crippen molar-refractivity contribution in [2.24, 2.45) is 0 Å². The molecular weight excluding hydrogens is 735 g/mol. The van der Waals surface area contributed by atoms with E-state index in [9.17, 15) is 19.3 Å². The Kier molecular flexibility index (Phi) is 11.0. The normalized spacial score (nSPS) is 11.8. The zero-order valence-corrected chi connectivity index (χ0v) is 31.2. The predicted molar refractivity (Wildman–Crippen MR) is 221 cm³/mol. The van der Waals surface area contributed by atoms with E-state index in [1.807, 2.05) is 86.6 Å². The van der Waals surface area contributed by atoms with Crippen molar-refractivity contribution in [3.8, 4) is 34.4 Å². The Balaban J connectivity index is 0.000000177. The van der Waals surface area contributed by atoms with Crippen molar-refractivity contribution in [3.05, 3.63) is 156 Å². The van der Waals surface area contributed by atoms with Gasteiger partial charge in [-0.2, -0.15) is 10.5 Å². The van der Waals surface area contributed by atoms with Gasteiger partial charge in [-0.05, 0) is 60.4 Å². The van der Waals surface area contributed by atoms with Gasteiger partial charge in [0, 0.05) is 46.4 Å². The molecule has 4 heterocycles. The van der Waals surface area contributed by atoms with Crippen LogP contribution in [0.2, 0.25) is 0 Å². The number of halogens is 2. The Bertz CT molecular complexity index is 2660. The number of pyridine rings is 2. The smallest absolute Gasteiger partial charge is 0.150 e. The van der Waals surface area contributed by atoms with E-state index in [4.69, 9.17) is 11.5 Å². The second-order valence-electron chi connectivity index (χ2n) is 13.2. The molecular formula is C44H34F2N12. The molecule has 0 aliphatic carbocycles. The fourth-order valence-corrected chi connectivity index (χ4v) is 6.68. The van der Waals surface area contributed by atoms with Crippen molar-refractivity contribution in [1.29, 1.82) is 10.5 Å². The average molecular weight is 769 g/mol. The van der Waals surface area contributed by atoms with Gasteiger partial charge in [-0.1, -0.05) is 60.7 Å². The Hall–Kier alpha value is -8.10. The first kappa shape index (κ1) is 38.2. The minimum absolute atomic E-state index is 0.118. The van der Waals surface area contributed by atoms with Crippen molar-refractivity contribution >= 4 is 45.1 Å². The number of aromatic nitrogens is 6. The highest BCUT2D eigenvalue weighted by atomic mass is 19.1. The van der Waals surface area contributed by atoms with Crippen molar-refractivity contribution < 1.29 is 8.78 Å². The molecule has 0 saturated heterocycles. The van der Waals surface area contributed by atoms with Crippen LogP contribution < -0.4 is 22.1 Å². The van der Waals surface area contributed by atoms with Crippen LogP contribution in [0.15, 0.2) is 122 Å². The van der Waals surface area contributed by atoms with Gasteiger partial charge >= 0.3 is 0 Å². The maximum Gasteiger partial charge on any atom is 0.150 e. The lowest BCUT2D eigenvalue weighted by Gasteiger charge is -2.20. The summed E-state index contributed by atoms with van der Waals surface area (Å²) in [4.78, 5) is 24.9. The summed E-state index contributed by atoms with van der Waals surface area (Å²) in [5.41, 5.74) is 18.7. The molecule has 6 N–H and O–H groups in total. The summed E-state index contributed by atoms with van der Waals surface area (Å²) >= 11 is 0. The molecule has 4 aromatic carbocycles. The van der Waals surface area contributed by atoms with E-state index < -0.39 is 0 Å². The van der Waals surface area contributed by atoms with Gasteiger partial charge in [0.05, 0.1) is 23.1 Å². The average Bonchev–Trinajstić information content (AvgIpc) is 3.23. The van der Waals surface area contributed by atoms with Crippen LogP contribution in [0, 0.1) is 34.3 Å². The first-order valence-corrected chi connectivity index (χ1v) is 18.0. The molecule has 4 aromatic heterocycles. The largest absolute Gasteiger partial charge is 0.382 e. The van der Waals surface area contributed by atoms with Crippen LogP contribution in [0.3, 0.4) is 0 Å². The van der Waals surface area contributed by atoms with E-state index in [0.29, 0.717) is 22.7 Å². The molecule has 0 unspecified atom stereocenters. The SMILES string of the molecule is C[C@@H](Nc1ncnc(N)c1C#N)c1cnc2cc(F)ccc2c1-c1ccccc1.C[C@H](Nc1ncnc(N)c1C#N)c1cnc2cc(F)ccc2c1-c1ccccc1. The zero-order valence-electron chi connectivity index (χ0n) is 31.2. The van der Waals surface area contributed by atoms with E-state index in [-0.39, 0.29) is 46.5 Å². The minimum atomic E-state index is -0.335. The molecule has 0 bridgehead atoms. The summed E-state index contributed by atoms with van der Waals surface area (Å²) in [6.45, 7) is 3.89. The number of nitrogens with one attached hydrogen (secondary N) is 2. The third-order valence-corrected chi connectivity index (χ3v) is 9.46. The molecule has 0 saturated carbocycles. The number of nitrogens with two attached hydrogens (primary N) is 2. The molecule has 0 aliphatic heterocycles. The molecule has 8 rings (SSSR count). The van der Waals surface area contributed by atoms with E-state index in [1.54, 1.807) is 24.5 Å². The predicted octanol–water partition coefficient (Wildman–Crippen LogP) is 8.92. The van der Waals surface area contributed by atoms with Crippen LogP contribution in [0.5, 0.6) is 0 Å². The maximum atomic E-state index is 13.7. The highest BCUT2D eigenvalue weighted by molar-refractivity contribution is 5.97. The zero-order chi connectivity index (χ0) is 40.8. The van der Waals surface area contributed by atoms with Crippen LogP contribution in [0.4, 0.5) is 32.1 Å². The van der Waals surface area contributed by atoms with Gasteiger partial charge in [-0.25, -0.2) is 28.7 Å². The van der Waals surface area contributed by atoms with Gasteiger partial charge in [0.25, 0.3) is 0 Å². The summed E-state index contributed by atoms with van der Waals surface area (Å²) in [7, 11) is 0. The van der Waals surface area contributed by atoms with Crippen LogP contribution in [0.1, 0.15) is 48.2 Å². The topological polar surface area (TPSA) is 201 Å². The number of benzene rings is 4. The standard InChI is InChI=1S/2C22H17FN6/c2*1-13(29-22-17(10-24)21(25)27-12-28-22)18-11-26-19-9-15(23)7-8-16(19)20(18)14-5-3-2-4-6-14/h2*2-9,11-13H,1H3,(H3,25,27,28,29)/t2*13-/m10/s1. The number of nitrogen functional groups attached to an aromatic ring is 2. The fraction of sp³-hybridized carbons (Fsp3) is 0.0909. The molecule has 0 spiro atoms. The summed E-state index contributed by atoms with van der Waals surface area (Å²) in [5, 5.41) is 26.9.